The van der Waals surface area contributed by atoms with E-state index in [9.17, 15) is 0 Å². The zero-order chi connectivity index (χ0) is 11.2. The summed E-state index contributed by atoms with van der Waals surface area (Å²) in [5.74, 6) is 0.902. The predicted molar refractivity (Wildman–Crippen MR) is 70.9 cm³/mol. The molecule has 16 heavy (non-hydrogen) atoms. The van der Waals surface area contributed by atoms with E-state index >= 15 is 0 Å². The van der Waals surface area contributed by atoms with Gasteiger partial charge in [-0.05, 0) is 42.9 Å². The Morgan fingerprint density at radius 1 is 1.19 bits per heavy atom. The van der Waals surface area contributed by atoms with Gasteiger partial charge in [0.2, 0.25) is 0 Å². The topological polar surface area (TPSA) is 12.0 Å². The number of nitrogens with one attached hydrogen (secondary N) is 1. The van der Waals surface area contributed by atoms with E-state index in [2.05, 4.69) is 36.5 Å². The number of benzene rings is 1. The van der Waals surface area contributed by atoms with Crippen LogP contribution in [0, 0.1) is 5.92 Å². The maximum absolute atomic E-state index is 3.59. The summed E-state index contributed by atoms with van der Waals surface area (Å²) in [6, 6.07) is 8.82. The van der Waals surface area contributed by atoms with Gasteiger partial charge >= 0.3 is 0 Å². The lowest BCUT2D eigenvalue weighted by Crippen LogP contribution is -2.17. The van der Waals surface area contributed by atoms with Gasteiger partial charge < -0.3 is 5.32 Å². The minimum absolute atomic E-state index is 0.902. The zero-order valence-electron chi connectivity index (χ0n) is 10.3. The molecule has 0 saturated heterocycles. The molecule has 0 aromatic heterocycles. The van der Waals surface area contributed by atoms with Gasteiger partial charge in [0.05, 0.1) is 0 Å². The van der Waals surface area contributed by atoms with E-state index in [0.29, 0.717) is 0 Å². The largest absolute Gasteiger partial charge is 0.385 e. The summed E-state index contributed by atoms with van der Waals surface area (Å²) in [6.07, 6.45) is 8.27. The van der Waals surface area contributed by atoms with Crippen LogP contribution in [0.25, 0.3) is 0 Å². The van der Waals surface area contributed by atoms with Crippen molar-refractivity contribution in [1.29, 1.82) is 0 Å². The molecule has 1 saturated carbocycles. The summed E-state index contributed by atoms with van der Waals surface area (Å²) in [6.45, 7) is 3.37. The Hall–Kier alpha value is -0.980. The molecule has 0 bridgehead atoms. The summed E-state index contributed by atoms with van der Waals surface area (Å²) in [5.41, 5.74) is 2.72. The summed E-state index contributed by atoms with van der Waals surface area (Å²) < 4.78 is 0. The van der Waals surface area contributed by atoms with Crippen LogP contribution in [0.3, 0.4) is 0 Å². The van der Waals surface area contributed by atoms with Crippen molar-refractivity contribution >= 4 is 5.69 Å². The smallest absolute Gasteiger partial charge is 0.0342 e. The van der Waals surface area contributed by atoms with Crippen molar-refractivity contribution in [3.63, 3.8) is 0 Å². The molecule has 1 aromatic carbocycles. The van der Waals surface area contributed by atoms with Gasteiger partial charge in [-0.2, -0.15) is 0 Å². The van der Waals surface area contributed by atoms with E-state index in [1.807, 2.05) is 0 Å². The van der Waals surface area contributed by atoms with Crippen molar-refractivity contribution < 1.29 is 0 Å². The molecule has 0 heterocycles. The van der Waals surface area contributed by atoms with Crippen molar-refractivity contribution in [3.8, 4) is 0 Å². The third-order valence-electron chi connectivity index (χ3n) is 3.65. The van der Waals surface area contributed by atoms with Gasteiger partial charge in [-0.3, -0.25) is 0 Å². The number of rotatable bonds is 4. The normalized spacial score (nSPS) is 17.3. The van der Waals surface area contributed by atoms with Crippen LogP contribution in [0.15, 0.2) is 24.3 Å². The molecule has 1 aliphatic rings. The summed E-state index contributed by atoms with van der Waals surface area (Å²) in [5, 5.41) is 3.59. The van der Waals surface area contributed by atoms with E-state index in [1.165, 1.54) is 43.4 Å². The Morgan fingerprint density at radius 2 is 2.00 bits per heavy atom. The maximum atomic E-state index is 3.59. The van der Waals surface area contributed by atoms with Crippen molar-refractivity contribution in [2.24, 2.45) is 5.92 Å². The minimum Gasteiger partial charge on any atom is -0.385 e. The molecule has 1 heteroatoms. The average molecular weight is 217 g/mol. The fourth-order valence-corrected chi connectivity index (χ4v) is 2.55. The van der Waals surface area contributed by atoms with Gasteiger partial charge in [0.15, 0.2) is 0 Å². The monoisotopic (exact) mass is 217 g/mol. The lowest BCUT2D eigenvalue weighted by atomic mass is 9.89. The minimum atomic E-state index is 0.902. The van der Waals surface area contributed by atoms with Crippen molar-refractivity contribution in [2.45, 2.75) is 45.4 Å². The molecule has 0 spiro atoms. The molecule has 2 rings (SSSR count). The first-order valence-electron chi connectivity index (χ1n) is 6.71. The highest BCUT2D eigenvalue weighted by Crippen LogP contribution is 2.24. The predicted octanol–water partition coefficient (Wildman–Crippen LogP) is 4.24. The lowest BCUT2D eigenvalue weighted by molar-refractivity contribution is 0.373. The molecule has 1 N–H and O–H groups in total. The molecule has 0 atom stereocenters. The summed E-state index contributed by atoms with van der Waals surface area (Å²) in [4.78, 5) is 0. The van der Waals surface area contributed by atoms with Crippen molar-refractivity contribution in [3.05, 3.63) is 29.8 Å². The first-order chi connectivity index (χ1) is 7.88. The third-order valence-corrected chi connectivity index (χ3v) is 3.65. The molecule has 1 aromatic rings. The van der Waals surface area contributed by atoms with E-state index in [1.54, 1.807) is 0 Å². The highest BCUT2D eigenvalue weighted by Gasteiger charge is 2.12. The van der Waals surface area contributed by atoms with E-state index in [0.717, 1.165) is 18.9 Å². The van der Waals surface area contributed by atoms with Gasteiger partial charge in [0, 0.05) is 12.2 Å². The Labute approximate surface area is 99.3 Å². The number of hydrogen-bond donors (Lipinski definition) is 1. The van der Waals surface area contributed by atoms with Gasteiger partial charge in [-0.1, -0.05) is 38.3 Å². The molecular formula is C15H23N. The molecule has 1 aliphatic carbocycles. The van der Waals surface area contributed by atoms with Crippen LogP contribution in [-0.2, 0) is 6.42 Å². The van der Waals surface area contributed by atoms with Crippen LogP contribution in [0.2, 0.25) is 0 Å². The number of anilines is 1. The Kier molecular flexibility index (Phi) is 4.26. The Balaban J connectivity index is 1.83. The van der Waals surface area contributed by atoms with Gasteiger partial charge in [0.25, 0.3) is 0 Å². The van der Waals surface area contributed by atoms with Crippen molar-refractivity contribution in [1.82, 2.24) is 0 Å². The van der Waals surface area contributed by atoms with Crippen LogP contribution in [-0.4, -0.2) is 6.54 Å². The molecule has 0 amide bonds. The second kappa shape index (κ2) is 5.93. The second-order valence-corrected chi connectivity index (χ2v) is 4.94. The first kappa shape index (κ1) is 11.5. The SMILES string of the molecule is CCc1cccc(NCC2CCCCC2)c1. The number of aryl methyl sites for hydroxylation is 1. The lowest BCUT2D eigenvalue weighted by Gasteiger charge is -2.22. The molecule has 0 radical (unpaired) electrons. The first-order valence-corrected chi connectivity index (χ1v) is 6.71. The molecule has 0 aliphatic heterocycles. The molecule has 0 unspecified atom stereocenters. The number of hydrogen-bond acceptors (Lipinski definition) is 1. The summed E-state index contributed by atoms with van der Waals surface area (Å²) in [7, 11) is 0. The van der Waals surface area contributed by atoms with Gasteiger partial charge in [-0.25, -0.2) is 0 Å². The van der Waals surface area contributed by atoms with E-state index in [4.69, 9.17) is 0 Å². The van der Waals surface area contributed by atoms with Crippen LogP contribution >= 0.6 is 0 Å². The van der Waals surface area contributed by atoms with Gasteiger partial charge in [0.1, 0.15) is 0 Å². The Bertz CT molecular complexity index is 313. The quantitative estimate of drug-likeness (QED) is 0.795. The van der Waals surface area contributed by atoms with Gasteiger partial charge in [-0.15, -0.1) is 0 Å². The summed E-state index contributed by atoms with van der Waals surface area (Å²) >= 11 is 0. The van der Waals surface area contributed by atoms with Crippen LogP contribution < -0.4 is 5.32 Å². The van der Waals surface area contributed by atoms with Crippen LogP contribution in [0.1, 0.15) is 44.6 Å². The zero-order valence-corrected chi connectivity index (χ0v) is 10.3. The molecular weight excluding hydrogens is 194 g/mol. The third kappa shape index (κ3) is 3.26. The van der Waals surface area contributed by atoms with E-state index in [-0.39, 0.29) is 0 Å². The van der Waals surface area contributed by atoms with Crippen LogP contribution in [0.5, 0.6) is 0 Å². The fraction of sp³-hybridized carbons (Fsp3) is 0.600. The fourth-order valence-electron chi connectivity index (χ4n) is 2.55. The average Bonchev–Trinajstić information content (AvgIpc) is 2.38. The van der Waals surface area contributed by atoms with E-state index < -0.39 is 0 Å². The maximum Gasteiger partial charge on any atom is 0.0342 e. The highest BCUT2D eigenvalue weighted by atomic mass is 14.9. The standard InChI is InChI=1S/C15H23N/c1-2-13-9-6-10-15(11-13)16-12-14-7-4-3-5-8-14/h6,9-11,14,16H,2-5,7-8,12H2,1H3. The Morgan fingerprint density at radius 3 is 2.75 bits per heavy atom. The second-order valence-electron chi connectivity index (χ2n) is 4.94. The highest BCUT2D eigenvalue weighted by molar-refractivity contribution is 5.45. The molecule has 1 nitrogen and oxygen atoms in total. The van der Waals surface area contributed by atoms with Crippen molar-refractivity contribution in [2.75, 3.05) is 11.9 Å². The van der Waals surface area contributed by atoms with Crippen LogP contribution in [0.4, 0.5) is 5.69 Å². The molecule has 1 fully saturated rings. The molecule has 88 valence electrons.